The molecule has 0 saturated carbocycles. The second-order valence-electron chi connectivity index (χ2n) is 7.00. The van der Waals surface area contributed by atoms with Crippen molar-refractivity contribution in [2.75, 3.05) is 27.8 Å². The van der Waals surface area contributed by atoms with E-state index in [9.17, 15) is 0 Å². The summed E-state index contributed by atoms with van der Waals surface area (Å²) < 4.78 is 12.9. The van der Waals surface area contributed by atoms with Gasteiger partial charge in [0, 0.05) is 25.8 Å². The Kier molecular flexibility index (Phi) is 7.72. The van der Waals surface area contributed by atoms with E-state index in [0.29, 0.717) is 6.54 Å². The molecule has 2 aromatic carbocycles. The van der Waals surface area contributed by atoms with Gasteiger partial charge in [0.1, 0.15) is 6.33 Å². The molecule has 0 radical (unpaired) electrons. The first-order valence-corrected chi connectivity index (χ1v) is 9.87. The molecule has 0 bridgehead atoms. The Balaban J connectivity index is 0.00000272. The summed E-state index contributed by atoms with van der Waals surface area (Å²) in [5.41, 5.74) is 3.53. The van der Waals surface area contributed by atoms with Crippen LogP contribution in [0.1, 0.15) is 17.0 Å². The first-order chi connectivity index (χ1) is 14.7. The van der Waals surface area contributed by atoms with Crippen molar-refractivity contribution in [2.24, 2.45) is 4.99 Å². The van der Waals surface area contributed by atoms with Crippen molar-refractivity contribution in [3.63, 3.8) is 0 Å². The smallest absolute Gasteiger partial charge is 0.194 e. The topological polar surface area (TPSA) is 76.8 Å². The SMILES string of the molecule is CN=C(NCc1nncn1-c1ccccc1)N1CCc2cc(OC)c(OC)cc2C1.I. The van der Waals surface area contributed by atoms with Gasteiger partial charge in [-0.1, -0.05) is 18.2 Å². The Morgan fingerprint density at radius 2 is 1.81 bits per heavy atom. The molecule has 0 saturated heterocycles. The van der Waals surface area contributed by atoms with Crippen LogP contribution >= 0.6 is 24.0 Å². The summed E-state index contributed by atoms with van der Waals surface area (Å²) in [6.07, 6.45) is 2.64. The number of nitrogens with one attached hydrogen (secondary N) is 1. The highest BCUT2D eigenvalue weighted by Gasteiger charge is 2.22. The van der Waals surface area contributed by atoms with Crippen LogP contribution in [-0.2, 0) is 19.5 Å². The quantitative estimate of drug-likeness (QED) is 0.308. The lowest BCUT2D eigenvalue weighted by molar-refractivity contribution is 0.345. The van der Waals surface area contributed by atoms with E-state index in [4.69, 9.17) is 9.47 Å². The van der Waals surface area contributed by atoms with Crippen molar-refractivity contribution in [2.45, 2.75) is 19.5 Å². The Labute approximate surface area is 199 Å². The van der Waals surface area contributed by atoms with Gasteiger partial charge in [-0.2, -0.15) is 0 Å². The largest absolute Gasteiger partial charge is 0.493 e. The summed E-state index contributed by atoms with van der Waals surface area (Å²) in [5.74, 6) is 3.17. The third kappa shape index (κ3) is 4.92. The van der Waals surface area contributed by atoms with Gasteiger partial charge in [0.25, 0.3) is 0 Å². The zero-order valence-corrected chi connectivity index (χ0v) is 20.2. The van der Waals surface area contributed by atoms with Crippen molar-refractivity contribution in [1.29, 1.82) is 0 Å². The van der Waals surface area contributed by atoms with Gasteiger partial charge in [-0.3, -0.25) is 9.56 Å². The molecule has 0 aliphatic carbocycles. The van der Waals surface area contributed by atoms with Crippen LogP contribution in [0.5, 0.6) is 11.5 Å². The van der Waals surface area contributed by atoms with Crippen molar-refractivity contribution in [3.8, 4) is 17.2 Å². The molecule has 1 aliphatic heterocycles. The van der Waals surface area contributed by atoms with E-state index in [-0.39, 0.29) is 24.0 Å². The molecule has 0 unspecified atom stereocenters. The highest BCUT2D eigenvalue weighted by atomic mass is 127. The molecule has 0 atom stereocenters. The highest BCUT2D eigenvalue weighted by molar-refractivity contribution is 14.0. The van der Waals surface area contributed by atoms with E-state index in [0.717, 1.165) is 48.5 Å². The second-order valence-corrected chi connectivity index (χ2v) is 7.00. The monoisotopic (exact) mass is 534 g/mol. The molecule has 0 spiro atoms. The second kappa shape index (κ2) is 10.5. The van der Waals surface area contributed by atoms with Crippen LogP contribution in [0.2, 0.25) is 0 Å². The number of hydrogen-bond acceptors (Lipinski definition) is 5. The van der Waals surface area contributed by atoms with E-state index in [1.165, 1.54) is 11.1 Å². The fraction of sp³-hybridized carbons (Fsp3) is 0.318. The minimum absolute atomic E-state index is 0. The Bertz CT molecular complexity index is 1040. The predicted octanol–water partition coefficient (Wildman–Crippen LogP) is 3.04. The van der Waals surface area contributed by atoms with Crippen molar-refractivity contribution in [1.82, 2.24) is 25.0 Å². The summed E-state index contributed by atoms with van der Waals surface area (Å²) >= 11 is 0. The zero-order chi connectivity index (χ0) is 20.9. The molecule has 1 N–H and O–H groups in total. The van der Waals surface area contributed by atoms with Gasteiger partial charge < -0.3 is 19.7 Å². The van der Waals surface area contributed by atoms with Crippen LogP contribution in [0.4, 0.5) is 0 Å². The maximum absolute atomic E-state index is 5.47. The van der Waals surface area contributed by atoms with Crippen molar-refractivity contribution < 1.29 is 9.47 Å². The molecule has 1 aromatic heterocycles. The summed E-state index contributed by atoms with van der Waals surface area (Å²) in [7, 11) is 5.13. The van der Waals surface area contributed by atoms with Crippen LogP contribution in [0.15, 0.2) is 53.8 Å². The lowest BCUT2D eigenvalue weighted by Gasteiger charge is -2.32. The number of methoxy groups -OCH3 is 2. The van der Waals surface area contributed by atoms with Crippen molar-refractivity contribution >= 4 is 29.9 Å². The number of rotatable bonds is 5. The Morgan fingerprint density at radius 1 is 1.10 bits per heavy atom. The number of guanidine groups is 1. The molecule has 0 amide bonds. The molecule has 9 heteroatoms. The molecule has 3 aromatic rings. The summed E-state index contributed by atoms with van der Waals surface area (Å²) in [4.78, 5) is 6.71. The van der Waals surface area contributed by atoms with Crippen LogP contribution in [0, 0.1) is 0 Å². The van der Waals surface area contributed by atoms with Crippen LogP contribution in [-0.4, -0.2) is 53.4 Å². The van der Waals surface area contributed by atoms with Crippen LogP contribution in [0.25, 0.3) is 5.69 Å². The number of nitrogens with zero attached hydrogens (tertiary/aromatic N) is 5. The number of hydrogen-bond donors (Lipinski definition) is 1. The molecule has 164 valence electrons. The van der Waals surface area contributed by atoms with Gasteiger partial charge in [0.05, 0.1) is 20.8 Å². The molecule has 0 fully saturated rings. The van der Waals surface area contributed by atoms with Crippen LogP contribution < -0.4 is 14.8 Å². The third-order valence-corrected chi connectivity index (χ3v) is 5.29. The molecular weight excluding hydrogens is 507 g/mol. The molecule has 31 heavy (non-hydrogen) atoms. The van der Waals surface area contributed by atoms with E-state index in [1.807, 2.05) is 34.9 Å². The Hall–Kier alpha value is -2.82. The standard InChI is InChI=1S/C22H26N6O2.HI/c1-23-22(24-13-21-26-25-15-28(21)18-7-5-4-6-8-18)27-10-9-16-11-19(29-2)20(30-3)12-17(16)14-27;/h4-8,11-12,15H,9-10,13-14H2,1-3H3,(H,23,24);1H. The van der Waals surface area contributed by atoms with E-state index in [1.54, 1.807) is 27.6 Å². The number of benzene rings is 2. The van der Waals surface area contributed by atoms with Gasteiger partial charge in [0.2, 0.25) is 0 Å². The number of fused-ring (bicyclic) bond motifs is 1. The normalized spacial score (nSPS) is 13.3. The first-order valence-electron chi connectivity index (χ1n) is 9.87. The number of halogens is 1. The number of ether oxygens (including phenoxy) is 2. The maximum atomic E-state index is 5.47. The van der Waals surface area contributed by atoms with E-state index < -0.39 is 0 Å². The number of aromatic nitrogens is 3. The molecule has 4 rings (SSSR count). The van der Waals surface area contributed by atoms with Gasteiger partial charge in [-0.05, 0) is 41.8 Å². The number of para-hydroxylation sites is 1. The minimum atomic E-state index is 0. The average Bonchev–Trinajstić information content (AvgIpc) is 3.27. The maximum Gasteiger partial charge on any atom is 0.194 e. The lowest BCUT2D eigenvalue weighted by Crippen LogP contribution is -2.44. The fourth-order valence-corrected chi connectivity index (χ4v) is 3.74. The summed E-state index contributed by atoms with van der Waals surface area (Å²) in [6.45, 7) is 2.14. The zero-order valence-electron chi connectivity index (χ0n) is 17.9. The van der Waals surface area contributed by atoms with Gasteiger partial charge in [-0.15, -0.1) is 34.2 Å². The predicted molar refractivity (Wildman–Crippen MR) is 131 cm³/mol. The average molecular weight is 534 g/mol. The van der Waals surface area contributed by atoms with E-state index >= 15 is 0 Å². The third-order valence-electron chi connectivity index (χ3n) is 5.29. The minimum Gasteiger partial charge on any atom is -0.493 e. The number of aliphatic imine (C=N–C) groups is 1. The van der Waals surface area contributed by atoms with Gasteiger partial charge in [-0.25, -0.2) is 0 Å². The summed E-state index contributed by atoms with van der Waals surface area (Å²) in [6, 6.07) is 14.2. The molecular formula is C22H27IN6O2. The molecule has 2 heterocycles. The van der Waals surface area contributed by atoms with Crippen molar-refractivity contribution in [3.05, 3.63) is 65.7 Å². The van der Waals surface area contributed by atoms with E-state index in [2.05, 4.69) is 37.5 Å². The molecule has 1 aliphatic rings. The highest BCUT2D eigenvalue weighted by Crippen LogP contribution is 2.33. The summed E-state index contributed by atoms with van der Waals surface area (Å²) in [5, 5.41) is 11.8. The Morgan fingerprint density at radius 3 is 2.48 bits per heavy atom. The van der Waals surface area contributed by atoms with Gasteiger partial charge >= 0.3 is 0 Å². The van der Waals surface area contributed by atoms with Gasteiger partial charge in [0.15, 0.2) is 23.3 Å². The first kappa shape index (κ1) is 22.9. The fourth-order valence-electron chi connectivity index (χ4n) is 3.74. The lowest BCUT2D eigenvalue weighted by atomic mass is 9.99. The van der Waals surface area contributed by atoms with Crippen LogP contribution in [0.3, 0.4) is 0 Å². The molecule has 8 nitrogen and oxygen atoms in total.